The third kappa shape index (κ3) is 8.67. The highest BCUT2D eigenvalue weighted by molar-refractivity contribution is 7.13. The van der Waals surface area contributed by atoms with Crippen LogP contribution in [0.2, 0.25) is 0 Å². The largest absolute Gasteiger partial charge is 0.416 e. The zero-order valence-corrected chi connectivity index (χ0v) is 28.6. The van der Waals surface area contributed by atoms with Crippen molar-refractivity contribution in [3.8, 4) is 10.6 Å². The second-order valence-corrected chi connectivity index (χ2v) is 13.8. The molecule has 2 aromatic carbocycles. The number of carbonyl (C=O) groups is 5. The summed E-state index contributed by atoms with van der Waals surface area (Å²) in [5, 5.41) is 10.3. The van der Waals surface area contributed by atoms with E-state index < -0.39 is 72.0 Å². The van der Waals surface area contributed by atoms with Crippen molar-refractivity contribution in [2.24, 2.45) is 5.92 Å². The molecule has 3 aromatic rings. The van der Waals surface area contributed by atoms with Gasteiger partial charge in [0.05, 0.1) is 18.2 Å². The fourth-order valence-electron chi connectivity index (χ4n) is 6.16. The topological polar surface area (TPSA) is 141 Å². The number of amides is 5. The SMILES string of the molecule is CC(C)[C@@H]1NC(=O)[C@H]2CCCN2C(=O)[C@H](C)NC(=O)CN(C(=O)c2csc(-c3ccc(C(F)(F)F)cc3)n2)C[C@H](Cc2ccccc2)NC1=O. The fraction of sp³-hybridized carbons (Fsp3) is 0.429. The molecule has 11 nitrogen and oxygen atoms in total. The Hall–Kier alpha value is -4.79. The summed E-state index contributed by atoms with van der Waals surface area (Å²) in [6, 6.07) is 10.2. The van der Waals surface area contributed by atoms with Crippen LogP contribution < -0.4 is 16.0 Å². The van der Waals surface area contributed by atoms with Crippen LogP contribution in [-0.2, 0) is 31.8 Å². The molecule has 266 valence electrons. The number of carbonyl (C=O) groups excluding carboxylic acids is 5. The first-order valence-corrected chi connectivity index (χ1v) is 17.3. The lowest BCUT2D eigenvalue weighted by Gasteiger charge is -2.30. The van der Waals surface area contributed by atoms with E-state index in [0.29, 0.717) is 30.0 Å². The maximum absolute atomic E-state index is 14.1. The molecule has 3 heterocycles. The Bertz CT molecular complexity index is 1720. The number of halogens is 3. The van der Waals surface area contributed by atoms with Crippen LogP contribution in [0.25, 0.3) is 10.6 Å². The van der Waals surface area contributed by atoms with Crippen molar-refractivity contribution >= 4 is 40.9 Å². The van der Waals surface area contributed by atoms with E-state index in [1.54, 1.807) is 13.8 Å². The first-order valence-electron chi connectivity index (χ1n) is 16.4. The van der Waals surface area contributed by atoms with Crippen molar-refractivity contribution in [1.29, 1.82) is 0 Å². The molecule has 5 amide bonds. The molecule has 3 N–H and O–H groups in total. The summed E-state index contributed by atoms with van der Waals surface area (Å²) in [5.74, 6) is -3.02. The number of nitrogens with one attached hydrogen (secondary N) is 3. The minimum atomic E-state index is -4.51. The van der Waals surface area contributed by atoms with E-state index in [-0.39, 0.29) is 24.6 Å². The highest BCUT2D eigenvalue weighted by atomic mass is 32.1. The number of hydrogen-bond acceptors (Lipinski definition) is 7. The maximum atomic E-state index is 14.1. The monoisotopic (exact) mass is 712 g/mol. The molecule has 5 rings (SSSR count). The predicted octanol–water partition coefficient (Wildman–Crippen LogP) is 3.65. The molecule has 0 bridgehead atoms. The molecule has 0 saturated carbocycles. The summed E-state index contributed by atoms with van der Waals surface area (Å²) in [4.78, 5) is 75.3. The Morgan fingerprint density at radius 3 is 2.34 bits per heavy atom. The van der Waals surface area contributed by atoms with Gasteiger partial charge < -0.3 is 25.8 Å². The minimum Gasteiger partial charge on any atom is -0.349 e. The maximum Gasteiger partial charge on any atom is 0.416 e. The molecule has 2 aliphatic rings. The van der Waals surface area contributed by atoms with Gasteiger partial charge in [0.2, 0.25) is 23.6 Å². The summed E-state index contributed by atoms with van der Waals surface area (Å²) in [6.45, 7) is 4.77. The number of rotatable bonds is 5. The zero-order chi connectivity index (χ0) is 36.2. The van der Waals surface area contributed by atoms with Crippen LogP contribution in [0.5, 0.6) is 0 Å². The van der Waals surface area contributed by atoms with Crippen LogP contribution in [0.15, 0.2) is 60.0 Å². The van der Waals surface area contributed by atoms with Crippen molar-refractivity contribution in [2.75, 3.05) is 19.6 Å². The molecule has 15 heteroatoms. The van der Waals surface area contributed by atoms with Crippen molar-refractivity contribution in [2.45, 2.75) is 70.4 Å². The highest BCUT2D eigenvalue weighted by Crippen LogP contribution is 2.32. The van der Waals surface area contributed by atoms with E-state index in [1.165, 1.54) is 34.2 Å². The summed E-state index contributed by atoms with van der Waals surface area (Å²) in [7, 11) is 0. The Morgan fingerprint density at radius 2 is 1.68 bits per heavy atom. The van der Waals surface area contributed by atoms with Crippen molar-refractivity contribution < 1.29 is 37.1 Å². The third-order valence-electron chi connectivity index (χ3n) is 8.75. The van der Waals surface area contributed by atoms with Gasteiger partial charge in [0, 0.05) is 24.0 Å². The minimum absolute atomic E-state index is 0.0447. The van der Waals surface area contributed by atoms with Crippen LogP contribution in [0.1, 0.15) is 55.2 Å². The summed E-state index contributed by atoms with van der Waals surface area (Å²) in [5.41, 5.74) is 0.356. The van der Waals surface area contributed by atoms with Gasteiger partial charge in [-0.05, 0) is 49.8 Å². The van der Waals surface area contributed by atoms with Gasteiger partial charge in [0.15, 0.2) is 0 Å². The number of aromatic nitrogens is 1. The molecule has 2 fully saturated rings. The lowest BCUT2D eigenvalue weighted by Crippen LogP contribution is -2.58. The van der Waals surface area contributed by atoms with Crippen LogP contribution in [0.3, 0.4) is 0 Å². The van der Waals surface area contributed by atoms with Gasteiger partial charge in [0.25, 0.3) is 5.91 Å². The highest BCUT2D eigenvalue weighted by Gasteiger charge is 2.39. The predicted molar refractivity (Wildman–Crippen MR) is 180 cm³/mol. The van der Waals surface area contributed by atoms with E-state index in [9.17, 15) is 37.1 Å². The summed E-state index contributed by atoms with van der Waals surface area (Å²) in [6.07, 6.45) is -3.25. The quantitative estimate of drug-likeness (QED) is 0.369. The van der Waals surface area contributed by atoms with Gasteiger partial charge in [-0.3, -0.25) is 24.0 Å². The molecule has 4 atom stereocenters. The average Bonchev–Trinajstić information content (AvgIpc) is 3.77. The Labute approximate surface area is 291 Å². The van der Waals surface area contributed by atoms with Crippen molar-refractivity contribution in [3.05, 3.63) is 76.8 Å². The Balaban J connectivity index is 1.48. The first-order chi connectivity index (χ1) is 23.7. The number of benzene rings is 2. The molecule has 0 radical (unpaired) electrons. The molecule has 50 heavy (non-hydrogen) atoms. The lowest BCUT2D eigenvalue weighted by atomic mass is 10.0. The van der Waals surface area contributed by atoms with Gasteiger partial charge in [-0.1, -0.05) is 56.3 Å². The average molecular weight is 713 g/mol. The standard InChI is InChI=1S/C35H39F3N6O5S/c1-20(2)29-31(47)40-25(16-22-8-5-4-6-9-22)17-43(18-28(45)39-21(3)33(48)44-15-7-10-27(44)30(46)42-29)34(49)26-19-50-32(41-26)23-11-13-24(14-12-23)35(36,37)38/h4-6,8-9,11-14,19-21,25,27,29H,7,10,15-18H2,1-3H3,(H,39,45)(H,40,47)(H,42,46)/t21-,25-,27+,29-/m0/s1. The number of fused-ring (bicyclic) bond motifs is 1. The molecule has 2 aliphatic heterocycles. The first kappa shape index (κ1) is 36.5. The Morgan fingerprint density at radius 1 is 0.980 bits per heavy atom. The number of nitrogens with zero attached hydrogens (tertiary/aromatic N) is 3. The van der Waals surface area contributed by atoms with Gasteiger partial charge in [-0.15, -0.1) is 11.3 Å². The van der Waals surface area contributed by atoms with Crippen LogP contribution in [0, 0.1) is 5.92 Å². The van der Waals surface area contributed by atoms with Gasteiger partial charge in [-0.2, -0.15) is 13.2 Å². The smallest absolute Gasteiger partial charge is 0.349 e. The van der Waals surface area contributed by atoms with E-state index in [1.807, 2.05) is 30.3 Å². The Kier molecular flexibility index (Phi) is 11.2. The molecular weight excluding hydrogens is 673 g/mol. The van der Waals surface area contributed by atoms with E-state index in [2.05, 4.69) is 20.9 Å². The second-order valence-electron chi connectivity index (χ2n) is 12.9. The summed E-state index contributed by atoms with van der Waals surface area (Å²) < 4.78 is 39.3. The molecule has 0 aliphatic carbocycles. The second kappa shape index (κ2) is 15.4. The van der Waals surface area contributed by atoms with Gasteiger partial charge in [-0.25, -0.2) is 4.98 Å². The molecular formula is C35H39F3N6O5S. The molecule has 0 spiro atoms. The normalized spacial score (nSPS) is 22.7. The molecule has 0 unspecified atom stereocenters. The third-order valence-corrected chi connectivity index (χ3v) is 9.64. The van der Waals surface area contributed by atoms with Gasteiger partial charge in [0.1, 0.15) is 28.8 Å². The molecule has 2 saturated heterocycles. The van der Waals surface area contributed by atoms with Crippen molar-refractivity contribution in [3.63, 3.8) is 0 Å². The number of alkyl halides is 3. The van der Waals surface area contributed by atoms with Gasteiger partial charge >= 0.3 is 6.18 Å². The van der Waals surface area contributed by atoms with Crippen LogP contribution in [-0.4, -0.2) is 88.1 Å². The van der Waals surface area contributed by atoms with E-state index in [0.717, 1.165) is 29.0 Å². The molecule has 1 aromatic heterocycles. The van der Waals surface area contributed by atoms with Crippen LogP contribution >= 0.6 is 11.3 Å². The van der Waals surface area contributed by atoms with Crippen LogP contribution in [0.4, 0.5) is 13.2 Å². The fourth-order valence-corrected chi connectivity index (χ4v) is 6.96. The van der Waals surface area contributed by atoms with E-state index in [4.69, 9.17) is 0 Å². The summed E-state index contributed by atoms with van der Waals surface area (Å²) >= 11 is 1.06. The zero-order valence-electron chi connectivity index (χ0n) is 27.8. The lowest BCUT2D eigenvalue weighted by molar-refractivity contribution is -0.142. The van der Waals surface area contributed by atoms with Crippen molar-refractivity contribution in [1.82, 2.24) is 30.7 Å². The number of hydrogen-bond donors (Lipinski definition) is 3. The number of thiazole rings is 1. The van der Waals surface area contributed by atoms with E-state index >= 15 is 0 Å².